The normalized spacial score (nSPS) is 13.2. The van der Waals surface area contributed by atoms with E-state index in [1.54, 1.807) is 12.1 Å². The van der Waals surface area contributed by atoms with Crippen molar-refractivity contribution in [3.05, 3.63) is 101 Å². The number of rotatable bonds is 7. The average molecular weight is 420 g/mol. The van der Waals surface area contributed by atoms with Gasteiger partial charge in [-0.15, -0.1) is 0 Å². The third kappa shape index (κ3) is 4.62. The molecule has 1 N–H and O–H groups in total. The maximum Gasteiger partial charge on any atom is 0.221 e. The second-order valence-electron chi connectivity index (χ2n) is 7.67. The molecule has 0 heterocycles. The SMILES string of the molecule is O=C(CCS(=O)(=O)c1ccc2c(c1)CCC2)NC(c1ccccc1)c1ccccc1. The Morgan fingerprint density at radius 2 is 1.43 bits per heavy atom. The van der Waals surface area contributed by atoms with Crippen molar-refractivity contribution >= 4 is 15.7 Å². The largest absolute Gasteiger partial charge is 0.345 e. The van der Waals surface area contributed by atoms with Crippen LogP contribution >= 0.6 is 0 Å². The van der Waals surface area contributed by atoms with Gasteiger partial charge in [0.25, 0.3) is 0 Å². The Kier molecular flexibility index (Phi) is 6.00. The van der Waals surface area contributed by atoms with Crippen LogP contribution in [-0.2, 0) is 27.5 Å². The van der Waals surface area contributed by atoms with E-state index in [0.717, 1.165) is 36.0 Å². The van der Waals surface area contributed by atoms with Gasteiger partial charge in [-0.25, -0.2) is 8.42 Å². The first-order valence-corrected chi connectivity index (χ1v) is 11.9. The lowest BCUT2D eigenvalue weighted by Gasteiger charge is -2.20. The zero-order valence-electron chi connectivity index (χ0n) is 16.8. The number of sulfone groups is 1. The van der Waals surface area contributed by atoms with E-state index >= 15 is 0 Å². The number of hydrogen-bond donors (Lipinski definition) is 1. The number of aryl methyl sites for hydroxylation is 2. The summed E-state index contributed by atoms with van der Waals surface area (Å²) in [7, 11) is -3.50. The van der Waals surface area contributed by atoms with Crippen molar-refractivity contribution in [2.45, 2.75) is 36.6 Å². The Balaban J connectivity index is 1.46. The molecule has 0 bridgehead atoms. The van der Waals surface area contributed by atoms with E-state index in [9.17, 15) is 13.2 Å². The summed E-state index contributed by atoms with van der Waals surface area (Å²) in [5, 5.41) is 3.01. The summed E-state index contributed by atoms with van der Waals surface area (Å²) in [5.41, 5.74) is 4.27. The third-order valence-electron chi connectivity index (χ3n) is 5.60. The van der Waals surface area contributed by atoms with Gasteiger partial charge in [0.05, 0.1) is 16.7 Å². The van der Waals surface area contributed by atoms with E-state index in [0.29, 0.717) is 4.90 Å². The average Bonchev–Trinajstić information content (AvgIpc) is 3.25. The van der Waals surface area contributed by atoms with E-state index in [1.807, 2.05) is 66.7 Å². The monoisotopic (exact) mass is 419 g/mol. The maximum absolute atomic E-state index is 12.8. The number of carbonyl (C=O) groups is 1. The van der Waals surface area contributed by atoms with Gasteiger partial charge in [0.2, 0.25) is 5.91 Å². The van der Waals surface area contributed by atoms with Crippen LogP contribution in [0.1, 0.15) is 41.1 Å². The first-order chi connectivity index (χ1) is 14.5. The second kappa shape index (κ2) is 8.84. The number of amides is 1. The van der Waals surface area contributed by atoms with Crippen LogP contribution < -0.4 is 5.32 Å². The summed E-state index contributed by atoms with van der Waals surface area (Å²) in [5.74, 6) is -0.481. The summed E-state index contributed by atoms with van der Waals surface area (Å²) in [6.45, 7) is 0. The topological polar surface area (TPSA) is 63.2 Å². The minimum absolute atomic E-state index is 0.0738. The standard InChI is InChI=1S/C25H25NO3S/c27-24(16-17-30(28,29)23-15-14-19-12-7-13-22(19)18-23)26-25(20-8-3-1-4-9-20)21-10-5-2-6-11-21/h1-6,8-11,14-15,18,25H,7,12-13,16-17H2,(H,26,27). The molecule has 0 radical (unpaired) electrons. The van der Waals surface area contributed by atoms with Crippen LogP contribution in [0.2, 0.25) is 0 Å². The molecule has 1 aliphatic rings. The fraction of sp³-hybridized carbons (Fsp3) is 0.240. The number of hydrogen-bond acceptors (Lipinski definition) is 3. The molecule has 0 aliphatic heterocycles. The molecule has 3 aromatic carbocycles. The van der Waals surface area contributed by atoms with E-state index in [4.69, 9.17) is 0 Å². The quantitative estimate of drug-likeness (QED) is 0.623. The van der Waals surface area contributed by atoms with Crippen LogP contribution in [0.25, 0.3) is 0 Å². The van der Waals surface area contributed by atoms with Gasteiger partial charge in [-0.2, -0.15) is 0 Å². The number of nitrogens with one attached hydrogen (secondary N) is 1. The highest BCUT2D eigenvalue weighted by molar-refractivity contribution is 7.91. The molecule has 4 nitrogen and oxygen atoms in total. The minimum Gasteiger partial charge on any atom is -0.345 e. The van der Waals surface area contributed by atoms with E-state index in [-0.39, 0.29) is 24.1 Å². The first kappa shape index (κ1) is 20.4. The molecule has 0 spiro atoms. The fourth-order valence-electron chi connectivity index (χ4n) is 3.97. The van der Waals surface area contributed by atoms with Gasteiger partial charge in [0.1, 0.15) is 0 Å². The molecule has 154 valence electrons. The van der Waals surface area contributed by atoms with Crippen molar-refractivity contribution < 1.29 is 13.2 Å². The highest BCUT2D eigenvalue weighted by atomic mass is 32.2. The molecule has 3 aromatic rings. The van der Waals surface area contributed by atoms with E-state index in [1.165, 1.54) is 5.56 Å². The zero-order chi connectivity index (χ0) is 21.0. The summed E-state index contributed by atoms with van der Waals surface area (Å²) >= 11 is 0. The summed E-state index contributed by atoms with van der Waals surface area (Å²) in [4.78, 5) is 13.0. The summed E-state index contributed by atoms with van der Waals surface area (Å²) in [6, 6.07) is 24.4. The van der Waals surface area contributed by atoms with Crippen LogP contribution in [0.15, 0.2) is 83.8 Å². The highest BCUT2D eigenvalue weighted by Gasteiger charge is 2.22. The van der Waals surface area contributed by atoms with Crippen molar-refractivity contribution in [2.75, 3.05) is 5.75 Å². The molecular formula is C25H25NO3S. The lowest BCUT2D eigenvalue weighted by molar-refractivity contribution is -0.121. The maximum atomic E-state index is 12.8. The zero-order valence-corrected chi connectivity index (χ0v) is 17.6. The van der Waals surface area contributed by atoms with Crippen LogP contribution in [0.5, 0.6) is 0 Å². The van der Waals surface area contributed by atoms with E-state index in [2.05, 4.69) is 5.32 Å². The molecule has 0 saturated carbocycles. The molecule has 1 aliphatic carbocycles. The molecule has 0 atom stereocenters. The summed E-state index contributed by atoms with van der Waals surface area (Å²) in [6.07, 6.45) is 2.94. The molecule has 30 heavy (non-hydrogen) atoms. The lowest BCUT2D eigenvalue weighted by atomic mass is 9.98. The molecular weight excluding hydrogens is 394 g/mol. The number of benzene rings is 3. The van der Waals surface area contributed by atoms with Crippen molar-refractivity contribution in [3.8, 4) is 0 Å². The smallest absolute Gasteiger partial charge is 0.221 e. The van der Waals surface area contributed by atoms with Crippen molar-refractivity contribution in [1.82, 2.24) is 5.32 Å². The van der Waals surface area contributed by atoms with Gasteiger partial charge in [-0.3, -0.25) is 4.79 Å². The Labute approximate surface area is 177 Å². The van der Waals surface area contributed by atoms with Crippen LogP contribution in [0.4, 0.5) is 0 Å². The number of fused-ring (bicyclic) bond motifs is 1. The number of carbonyl (C=O) groups excluding carboxylic acids is 1. The molecule has 4 rings (SSSR count). The van der Waals surface area contributed by atoms with Gasteiger partial charge in [0.15, 0.2) is 9.84 Å². The van der Waals surface area contributed by atoms with Crippen LogP contribution in [0.3, 0.4) is 0 Å². The second-order valence-corrected chi connectivity index (χ2v) is 9.78. The fourth-order valence-corrected chi connectivity index (χ4v) is 5.26. The first-order valence-electron chi connectivity index (χ1n) is 10.3. The van der Waals surface area contributed by atoms with Crippen LogP contribution in [-0.4, -0.2) is 20.1 Å². The minimum atomic E-state index is -3.50. The molecule has 0 saturated heterocycles. The van der Waals surface area contributed by atoms with Gasteiger partial charge < -0.3 is 5.32 Å². The van der Waals surface area contributed by atoms with Gasteiger partial charge in [-0.1, -0.05) is 66.7 Å². The van der Waals surface area contributed by atoms with Crippen LogP contribution in [0, 0.1) is 0 Å². The highest BCUT2D eigenvalue weighted by Crippen LogP contribution is 2.26. The van der Waals surface area contributed by atoms with Crippen molar-refractivity contribution in [1.29, 1.82) is 0 Å². The predicted octanol–water partition coefficient (Wildman–Crippen LogP) is 4.24. The summed E-state index contributed by atoms with van der Waals surface area (Å²) < 4.78 is 25.6. The Hall–Kier alpha value is -2.92. The van der Waals surface area contributed by atoms with Crippen molar-refractivity contribution in [2.24, 2.45) is 0 Å². The third-order valence-corrected chi connectivity index (χ3v) is 7.31. The molecule has 1 amide bonds. The Morgan fingerprint density at radius 1 is 0.833 bits per heavy atom. The Bertz CT molecular complexity index is 1090. The van der Waals surface area contributed by atoms with E-state index < -0.39 is 9.84 Å². The van der Waals surface area contributed by atoms with Gasteiger partial charge in [0, 0.05) is 6.42 Å². The molecule has 0 fully saturated rings. The predicted molar refractivity (Wildman–Crippen MR) is 118 cm³/mol. The van der Waals surface area contributed by atoms with Gasteiger partial charge in [-0.05, 0) is 53.6 Å². The van der Waals surface area contributed by atoms with Gasteiger partial charge >= 0.3 is 0 Å². The molecule has 0 aromatic heterocycles. The Morgan fingerprint density at radius 3 is 2.07 bits per heavy atom. The van der Waals surface area contributed by atoms with Crippen molar-refractivity contribution in [3.63, 3.8) is 0 Å². The molecule has 0 unspecified atom stereocenters. The lowest BCUT2D eigenvalue weighted by Crippen LogP contribution is -2.30. The molecule has 5 heteroatoms.